The molecular weight excluding hydrogens is 366 g/mol. The first kappa shape index (κ1) is 17.1. The van der Waals surface area contributed by atoms with Gasteiger partial charge in [0.05, 0.1) is 5.69 Å². The highest BCUT2D eigenvalue weighted by molar-refractivity contribution is 7.98. The minimum Gasteiger partial charge on any atom is -0.307 e. The molecule has 0 unspecified atom stereocenters. The fourth-order valence-electron chi connectivity index (χ4n) is 2.89. The summed E-state index contributed by atoms with van der Waals surface area (Å²) < 4.78 is 4.17. The molecule has 0 amide bonds. The van der Waals surface area contributed by atoms with E-state index in [0.717, 1.165) is 40.2 Å². The van der Waals surface area contributed by atoms with Crippen molar-refractivity contribution in [3.05, 3.63) is 65.1 Å². The van der Waals surface area contributed by atoms with Crippen molar-refractivity contribution >= 4 is 29.0 Å². The molecule has 0 saturated carbocycles. The highest BCUT2D eigenvalue weighted by atomic mass is 35.5. The first-order chi connectivity index (χ1) is 12.6. The third-order valence-corrected chi connectivity index (χ3v) is 5.35. The SMILES string of the molecule is CCn1c(SCc2cn3cc(C)ccc3n2)nnc1-c1cccc(Cl)c1. The molecule has 0 N–H and O–H groups in total. The Morgan fingerprint density at radius 3 is 2.81 bits per heavy atom. The maximum absolute atomic E-state index is 6.11. The Kier molecular flexibility index (Phi) is 4.70. The molecule has 1 aromatic carbocycles. The van der Waals surface area contributed by atoms with Gasteiger partial charge >= 0.3 is 0 Å². The van der Waals surface area contributed by atoms with Gasteiger partial charge in [-0.1, -0.05) is 41.6 Å². The predicted molar refractivity (Wildman–Crippen MR) is 106 cm³/mol. The zero-order valence-corrected chi connectivity index (χ0v) is 16.1. The molecule has 7 heteroatoms. The van der Waals surface area contributed by atoms with Crippen LogP contribution in [0.4, 0.5) is 0 Å². The molecule has 0 spiro atoms. The number of hydrogen-bond acceptors (Lipinski definition) is 4. The van der Waals surface area contributed by atoms with Crippen LogP contribution >= 0.6 is 23.4 Å². The van der Waals surface area contributed by atoms with Crippen molar-refractivity contribution < 1.29 is 0 Å². The molecule has 0 bridgehead atoms. The van der Waals surface area contributed by atoms with Crippen LogP contribution in [0.15, 0.2) is 53.9 Å². The number of nitrogens with zero attached hydrogens (tertiary/aromatic N) is 5. The third-order valence-electron chi connectivity index (χ3n) is 4.11. The molecule has 5 nitrogen and oxygen atoms in total. The molecule has 3 aromatic heterocycles. The van der Waals surface area contributed by atoms with Gasteiger partial charge < -0.3 is 8.97 Å². The lowest BCUT2D eigenvalue weighted by Gasteiger charge is -2.07. The van der Waals surface area contributed by atoms with E-state index in [0.29, 0.717) is 5.02 Å². The number of rotatable bonds is 5. The number of fused-ring (bicyclic) bond motifs is 1. The van der Waals surface area contributed by atoms with E-state index in [1.807, 2.05) is 30.3 Å². The van der Waals surface area contributed by atoms with Crippen LogP contribution < -0.4 is 0 Å². The maximum atomic E-state index is 6.11. The van der Waals surface area contributed by atoms with Crippen molar-refractivity contribution in [1.29, 1.82) is 0 Å². The van der Waals surface area contributed by atoms with E-state index in [1.165, 1.54) is 5.56 Å². The summed E-state index contributed by atoms with van der Waals surface area (Å²) in [6, 6.07) is 11.8. The summed E-state index contributed by atoms with van der Waals surface area (Å²) in [7, 11) is 0. The molecule has 4 aromatic rings. The Morgan fingerprint density at radius 2 is 2.00 bits per heavy atom. The summed E-state index contributed by atoms with van der Waals surface area (Å²) in [5.74, 6) is 1.58. The van der Waals surface area contributed by atoms with Crippen molar-refractivity contribution in [2.75, 3.05) is 0 Å². The second kappa shape index (κ2) is 7.13. The van der Waals surface area contributed by atoms with Gasteiger partial charge in [-0.25, -0.2) is 4.98 Å². The van der Waals surface area contributed by atoms with Crippen LogP contribution in [-0.4, -0.2) is 24.1 Å². The Balaban J connectivity index is 1.58. The zero-order chi connectivity index (χ0) is 18.1. The largest absolute Gasteiger partial charge is 0.307 e. The normalized spacial score (nSPS) is 11.3. The van der Waals surface area contributed by atoms with E-state index < -0.39 is 0 Å². The molecule has 3 heterocycles. The van der Waals surface area contributed by atoms with Gasteiger partial charge in [0.15, 0.2) is 11.0 Å². The number of hydrogen-bond donors (Lipinski definition) is 0. The number of benzene rings is 1. The molecule has 4 rings (SSSR count). The van der Waals surface area contributed by atoms with E-state index in [9.17, 15) is 0 Å². The molecule has 132 valence electrons. The lowest BCUT2D eigenvalue weighted by atomic mass is 10.2. The average Bonchev–Trinajstić information content (AvgIpc) is 3.22. The summed E-state index contributed by atoms with van der Waals surface area (Å²) in [6.07, 6.45) is 4.15. The maximum Gasteiger partial charge on any atom is 0.191 e. The van der Waals surface area contributed by atoms with Gasteiger partial charge in [-0.3, -0.25) is 0 Å². The van der Waals surface area contributed by atoms with E-state index in [1.54, 1.807) is 11.8 Å². The Morgan fingerprint density at radius 1 is 1.12 bits per heavy atom. The van der Waals surface area contributed by atoms with Crippen molar-refractivity contribution in [2.24, 2.45) is 0 Å². The van der Waals surface area contributed by atoms with Gasteiger partial charge in [0.2, 0.25) is 0 Å². The van der Waals surface area contributed by atoms with E-state index >= 15 is 0 Å². The molecule has 0 fully saturated rings. The van der Waals surface area contributed by atoms with Crippen LogP contribution in [0.5, 0.6) is 0 Å². The Labute approximate surface area is 161 Å². The number of thioether (sulfide) groups is 1. The zero-order valence-electron chi connectivity index (χ0n) is 14.6. The highest BCUT2D eigenvalue weighted by Crippen LogP contribution is 2.27. The molecule has 0 radical (unpaired) electrons. The van der Waals surface area contributed by atoms with Crippen molar-refractivity contribution in [1.82, 2.24) is 24.1 Å². The van der Waals surface area contributed by atoms with Gasteiger partial charge in [-0.05, 0) is 37.6 Å². The number of aryl methyl sites for hydroxylation is 1. The van der Waals surface area contributed by atoms with Crippen LogP contribution in [0, 0.1) is 6.92 Å². The van der Waals surface area contributed by atoms with Crippen LogP contribution in [0.2, 0.25) is 5.02 Å². The van der Waals surface area contributed by atoms with E-state index in [-0.39, 0.29) is 0 Å². The summed E-state index contributed by atoms with van der Waals surface area (Å²) >= 11 is 7.76. The fraction of sp³-hybridized carbons (Fsp3) is 0.211. The smallest absolute Gasteiger partial charge is 0.191 e. The van der Waals surface area contributed by atoms with Crippen LogP contribution in [0.25, 0.3) is 17.0 Å². The summed E-state index contributed by atoms with van der Waals surface area (Å²) in [4.78, 5) is 4.67. The van der Waals surface area contributed by atoms with Gasteiger partial charge in [0.1, 0.15) is 5.65 Å². The lowest BCUT2D eigenvalue weighted by Crippen LogP contribution is -2.00. The summed E-state index contributed by atoms with van der Waals surface area (Å²) in [5, 5.41) is 10.3. The van der Waals surface area contributed by atoms with Gasteiger partial charge in [0, 0.05) is 35.3 Å². The number of halogens is 1. The van der Waals surface area contributed by atoms with Crippen molar-refractivity contribution in [2.45, 2.75) is 31.3 Å². The monoisotopic (exact) mass is 383 g/mol. The third kappa shape index (κ3) is 3.34. The molecule has 0 aliphatic rings. The molecular formula is C19H18ClN5S. The van der Waals surface area contributed by atoms with Crippen molar-refractivity contribution in [3.8, 4) is 11.4 Å². The topological polar surface area (TPSA) is 48.0 Å². The lowest BCUT2D eigenvalue weighted by molar-refractivity contribution is 0.687. The molecule has 0 saturated heterocycles. The first-order valence-corrected chi connectivity index (χ1v) is 9.76. The van der Waals surface area contributed by atoms with Crippen LogP contribution in [0.3, 0.4) is 0 Å². The van der Waals surface area contributed by atoms with Crippen LogP contribution in [-0.2, 0) is 12.3 Å². The number of aromatic nitrogens is 5. The quantitative estimate of drug-likeness (QED) is 0.461. The number of pyridine rings is 1. The standard InChI is InChI=1S/C19H18ClN5S/c1-3-25-18(14-5-4-6-15(20)9-14)22-23-19(25)26-12-16-11-24-10-13(2)7-8-17(24)21-16/h4-11H,3,12H2,1-2H3. The minimum atomic E-state index is 0.697. The second-order valence-corrected chi connectivity index (χ2v) is 7.43. The van der Waals surface area contributed by atoms with Gasteiger partial charge in [0.25, 0.3) is 0 Å². The van der Waals surface area contributed by atoms with E-state index in [2.05, 4.69) is 56.5 Å². The van der Waals surface area contributed by atoms with Gasteiger partial charge in [-0.15, -0.1) is 10.2 Å². The second-order valence-electron chi connectivity index (χ2n) is 6.05. The molecule has 0 aliphatic heterocycles. The Bertz CT molecular complexity index is 1070. The van der Waals surface area contributed by atoms with E-state index in [4.69, 9.17) is 11.6 Å². The Hall–Kier alpha value is -2.31. The predicted octanol–water partition coefficient (Wildman–Crippen LogP) is 4.87. The molecule has 26 heavy (non-hydrogen) atoms. The average molecular weight is 384 g/mol. The molecule has 0 atom stereocenters. The molecule has 0 aliphatic carbocycles. The van der Waals surface area contributed by atoms with Crippen LogP contribution in [0.1, 0.15) is 18.2 Å². The first-order valence-electron chi connectivity index (χ1n) is 8.40. The van der Waals surface area contributed by atoms with Gasteiger partial charge in [-0.2, -0.15) is 0 Å². The number of imidazole rings is 1. The van der Waals surface area contributed by atoms with Crippen molar-refractivity contribution in [3.63, 3.8) is 0 Å². The summed E-state index contributed by atoms with van der Waals surface area (Å²) in [5.41, 5.74) is 4.17. The fourth-order valence-corrected chi connectivity index (χ4v) is 3.96. The summed E-state index contributed by atoms with van der Waals surface area (Å²) in [6.45, 7) is 4.96. The highest BCUT2D eigenvalue weighted by Gasteiger charge is 2.14. The minimum absolute atomic E-state index is 0.697.